The summed E-state index contributed by atoms with van der Waals surface area (Å²) < 4.78 is 0. The van der Waals surface area contributed by atoms with Crippen molar-refractivity contribution in [2.24, 2.45) is 0 Å². The summed E-state index contributed by atoms with van der Waals surface area (Å²) in [7, 11) is 0. The van der Waals surface area contributed by atoms with Crippen LogP contribution in [0.3, 0.4) is 0 Å². The van der Waals surface area contributed by atoms with Crippen molar-refractivity contribution >= 4 is 22.5 Å². The molecule has 3 aromatic rings. The molecule has 2 heterocycles. The van der Waals surface area contributed by atoms with E-state index >= 15 is 0 Å². The van der Waals surface area contributed by atoms with Crippen LogP contribution in [0.5, 0.6) is 0 Å². The molecule has 1 aromatic heterocycles. The molecule has 1 N–H and O–H groups in total. The predicted molar refractivity (Wildman–Crippen MR) is 114 cm³/mol. The van der Waals surface area contributed by atoms with Gasteiger partial charge in [0.05, 0.1) is 13.2 Å². The minimum Gasteiger partial charge on any atom is -0.310 e. The molecule has 4 rings (SSSR count). The second-order valence-electron chi connectivity index (χ2n) is 7.19. The van der Waals surface area contributed by atoms with E-state index in [1.807, 2.05) is 17.2 Å². The highest BCUT2D eigenvalue weighted by Gasteiger charge is 2.19. The van der Waals surface area contributed by atoms with Crippen molar-refractivity contribution < 1.29 is 9.63 Å². The number of anilines is 1. The van der Waals surface area contributed by atoms with Crippen molar-refractivity contribution in [3.8, 4) is 0 Å². The molecular formula is C23H26N4O2. The van der Waals surface area contributed by atoms with Crippen LogP contribution in [-0.4, -0.2) is 60.2 Å². The molecule has 1 fully saturated rings. The molecular weight excluding hydrogens is 364 g/mol. The Kier molecular flexibility index (Phi) is 6.46. The number of nitrogens with one attached hydrogen (secondary N) is 1. The zero-order chi connectivity index (χ0) is 19.9. The van der Waals surface area contributed by atoms with Gasteiger partial charge in [-0.3, -0.25) is 14.5 Å². The maximum absolute atomic E-state index is 12.2. The summed E-state index contributed by atoms with van der Waals surface area (Å²) in [6.07, 6.45) is 2.55. The van der Waals surface area contributed by atoms with Gasteiger partial charge < -0.3 is 5.32 Å². The monoisotopic (exact) mass is 390 g/mol. The molecule has 150 valence electrons. The number of piperazine rings is 1. The summed E-state index contributed by atoms with van der Waals surface area (Å²) in [6.45, 7) is 4.25. The molecule has 1 aliphatic heterocycles. The predicted octanol–water partition coefficient (Wildman–Crippen LogP) is 2.97. The van der Waals surface area contributed by atoms with Gasteiger partial charge in [-0.25, -0.2) is 4.98 Å². The Bertz CT molecular complexity index is 935. The third-order valence-corrected chi connectivity index (χ3v) is 5.16. The fourth-order valence-corrected chi connectivity index (χ4v) is 3.63. The number of benzene rings is 2. The molecule has 0 unspecified atom stereocenters. The van der Waals surface area contributed by atoms with Crippen LogP contribution in [0.1, 0.15) is 5.56 Å². The minimum atomic E-state index is -0.0333. The molecule has 0 spiro atoms. The lowest BCUT2D eigenvalue weighted by Gasteiger charge is -2.33. The van der Waals surface area contributed by atoms with Crippen molar-refractivity contribution in [3.05, 3.63) is 72.4 Å². The summed E-state index contributed by atoms with van der Waals surface area (Å²) in [5.74, 6) is 0.557. The molecule has 1 amide bonds. The quantitative estimate of drug-likeness (QED) is 0.672. The fourth-order valence-electron chi connectivity index (χ4n) is 3.63. The van der Waals surface area contributed by atoms with Crippen molar-refractivity contribution in [2.75, 3.05) is 44.6 Å². The number of amides is 1. The maximum Gasteiger partial charge on any atom is 0.239 e. The van der Waals surface area contributed by atoms with Gasteiger partial charge in [-0.15, -0.1) is 0 Å². The number of carbonyl (C=O) groups is 1. The number of nitrogens with zero attached hydrogens (tertiary/aromatic N) is 3. The lowest BCUT2D eigenvalue weighted by atomic mass is 10.0. The molecule has 1 saturated heterocycles. The fraction of sp³-hybridized carbons (Fsp3) is 0.304. The summed E-state index contributed by atoms with van der Waals surface area (Å²) in [5.41, 5.74) is 1.31. The number of carbonyl (C=O) groups excluding carboxylic acids is 1. The van der Waals surface area contributed by atoms with E-state index in [0.717, 1.165) is 32.6 Å². The Morgan fingerprint density at radius 3 is 2.59 bits per heavy atom. The highest BCUT2D eigenvalue weighted by Crippen LogP contribution is 2.19. The van der Waals surface area contributed by atoms with E-state index in [2.05, 4.69) is 57.7 Å². The maximum atomic E-state index is 12.2. The summed E-state index contributed by atoms with van der Waals surface area (Å²) in [5, 5.41) is 7.40. The van der Waals surface area contributed by atoms with Gasteiger partial charge >= 0.3 is 0 Å². The Labute approximate surface area is 171 Å². The Balaban J connectivity index is 1.19. The van der Waals surface area contributed by atoms with Crippen LogP contribution in [0.15, 0.2) is 66.9 Å². The number of hydrogen-bond acceptors (Lipinski definition) is 5. The highest BCUT2D eigenvalue weighted by molar-refractivity contribution is 5.91. The molecule has 2 aromatic carbocycles. The summed E-state index contributed by atoms with van der Waals surface area (Å²) in [6, 6.07) is 20.3. The first-order chi connectivity index (χ1) is 14.3. The van der Waals surface area contributed by atoms with Crippen molar-refractivity contribution in [3.63, 3.8) is 0 Å². The van der Waals surface area contributed by atoms with Gasteiger partial charge in [0, 0.05) is 32.4 Å². The lowest BCUT2D eigenvalue weighted by Crippen LogP contribution is -2.48. The van der Waals surface area contributed by atoms with Crippen LogP contribution < -0.4 is 5.32 Å². The average molecular weight is 390 g/mol. The smallest absolute Gasteiger partial charge is 0.239 e. The van der Waals surface area contributed by atoms with E-state index < -0.39 is 0 Å². The number of pyridine rings is 1. The molecule has 29 heavy (non-hydrogen) atoms. The van der Waals surface area contributed by atoms with Gasteiger partial charge in [-0.1, -0.05) is 48.5 Å². The van der Waals surface area contributed by atoms with Crippen LogP contribution in [0.25, 0.3) is 10.8 Å². The van der Waals surface area contributed by atoms with E-state index in [0.29, 0.717) is 19.0 Å². The normalized spacial score (nSPS) is 15.4. The van der Waals surface area contributed by atoms with E-state index in [4.69, 9.17) is 4.84 Å². The SMILES string of the molecule is O=C(CN1CCN(OCCc2cccc3ccccc23)CC1)Nc1ccccn1. The number of hydroxylamine groups is 2. The van der Waals surface area contributed by atoms with E-state index in [-0.39, 0.29) is 5.91 Å². The van der Waals surface area contributed by atoms with E-state index in [1.165, 1.54) is 16.3 Å². The molecule has 1 aliphatic rings. The molecule has 0 saturated carbocycles. The number of fused-ring (bicyclic) bond motifs is 1. The molecule has 0 radical (unpaired) electrons. The van der Waals surface area contributed by atoms with Crippen LogP contribution >= 0.6 is 0 Å². The van der Waals surface area contributed by atoms with Gasteiger partial charge in [0.1, 0.15) is 5.82 Å². The summed E-state index contributed by atoms with van der Waals surface area (Å²) in [4.78, 5) is 24.4. The summed E-state index contributed by atoms with van der Waals surface area (Å²) >= 11 is 0. The second kappa shape index (κ2) is 9.60. The zero-order valence-corrected chi connectivity index (χ0v) is 16.5. The van der Waals surface area contributed by atoms with E-state index in [9.17, 15) is 4.79 Å². The van der Waals surface area contributed by atoms with Crippen LogP contribution in [-0.2, 0) is 16.1 Å². The Hall–Kier alpha value is -2.80. The number of rotatable bonds is 7. The first-order valence-corrected chi connectivity index (χ1v) is 10.1. The van der Waals surface area contributed by atoms with Crippen LogP contribution in [0.4, 0.5) is 5.82 Å². The Morgan fingerprint density at radius 1 is 0.966 bits per heavy atom. The first-order valence-electron chi connectivity index (χ1n) is 10.1. The minimum absolute atomic E-state index is 0.0333. The van der Waals surface area contributed by atoms with Gasteiger partial charge in [-0.05, 0) is 34.9 Å². The van der Waals surface area contributed by atoms with Gasteiger partial charge in [-0.2, -0.15) is 5.06 Å². The molecule has 6 nitrogen and oxygen atoms in total. The third-order valence-electron chi connectivity index (χ3n) is 5.16. The van der Waals surface area contributed by atoms with Crippen LogP contribution in [0.2, 0.25) is 0 Å². The van der Waals surface area contributed by atoms with E-state index in [1.54, 1.807) is 12.3 Å². The second-order valence-corrected chi connectivity index (χ2v) is 7.19. The third kappa shape index (κ3) is 5.38. The molecule has 0 bridgehead atoms. The zero-order valence-electron chi connectivity index (χ0n) is 16.5. The highest BCUT2D eigenvalue weighted by atomic mass is 16.7. The van der Waals surface area contributed by atoms with Crippen molar-refractivity contribution in [2.45, 2.75) is 6.42 Å². The standard InChI is InChI=1S/C23H26N4O2/c28-23(25-22-10-3-4-12-24-22)18-26-13-15-27(16-14-26)29-17-11-20-8-5-7-19-6-1-2-9-21(19)20/h1-10,12H,11,13-18H2,(H,24,25,28). The van der Waals surface area contributed by atoms with Crippen LogP contribution in [0, 0.1) is 0 Å². The van der Waals surface area contributed by atoms with Gasteiger partial charge in [0.15, 0.2) is 0 Å². The largest absolute Gasteiger partial charge is 0.310 e. The topological polar surface area (TPSA) is 57.7 Å². The molecule has 6 heteroatoms. The van der Waals surface area contributed by atoms with Gasteiger partial charge in [0.25, 0.3) is 0 Å². The molecule has 0 atom stereocenters. The number of aromatic nitrogens is 1. The van der Waals surface area contributed by atoms with Crippen molar-refractivity contribution in [1.82, 2.24) is 14.9 Å². The first kappa shape index (κ1) is 19.5. The van der Waals surface area contributed by atoms with Crippen molar-refractivity contribution in [1.29, 1.82) is 0 Å². The Morgan fingerprint density at radius 2 is 1.76 bits per heavy atom. The lowest BCUT2D eigenvalue weighted by molar-refractivity contribution is -0.176. The molecule has 0 aliphatic carbocycles. The van der Waals surface area contributed by atoms with Gasteiger partial charge in [0.2, 0.25) is 5.91 Å². The number of hydrogen-bond donors (Lipinski definition) is 1. The average Bonchev–Trinajstić information content (AvgIpc) is 2.76.